The first-order chi connectivity index (χ1) is 10.9. The average Bonchev–Trinajstić information content (AvgIpc) is 2.86. The second kappa shape index (κ2) is 5.94. The maximum absolute atomic E-state index is 11.3. The summed E-state index contributed by atoms with van der Waals surface area (Å²) in [5.74, 6) is 0.244. The summed E-state index contributed by atoms with van der Waals surface area (Å²) in [5, 5.41) is 9.18. The fourth-order valence-corrected chi connectivity index (χ4v) is 2.87. The van der Waals surface area contributed by atoms with E-state index in [0.29, 0.717) is 12.1 Å². The van der Waals surface area contributed by atoms with E-state index in [2.05, 4.69) is 15.1 Å². The van der Waals surface area contributed by atoms with E-state index in [1.165, 1.54) is 6.20 Å². The van der Waals surface area contributed by atoms with Crippen LogP contribution in [0.2, 0.25) is 0 Å². The van der Waals surface area contributed by atoms with Crippen molar-refractivity contribution in [3.8, 4) is 0 Å². The van der Waals surface area contributed by atoms with Crippen molar-refractivity contribution in [2.75, 3.05) is 5.73 Å². The number of primary sulfonamides is 1. The van der Waals surface area contributed by atoms with Crippen LogP contribution in [0.5, 0.6) is 0 Å². The smallest absolute Gasteiger partial charge is 0.240 e. The maximum atomic E-state index is 11.3. The average molecular weight is 332 g/mol. The Morgan fingerprint density at radius 2 is 1.91 bits per heavy atom. The van der Waals surface area contributed by atoms with Gasteiger partial charge < -0.3 is 5.73 Å². The first kappa shape index (κ1) is 15.4. The maximum Gasteiger partial charge on any atom is 0.240 e. The zero-order valence-corrected chi connectivity index (χ0v) is 13.1. The summed E-state index contributed by atoms with van der Waals surface area (Å²) in [6.45, 7) is 0. The number of anilines is 1. The van der Waals surface area contributed by atoms with Gasteiger partial charge in [0, 0.05) is 18.6 Å². The molecule has 9 heteroatoms. The lowest BCUT2D eigenvalue weighted by atomic mass is 10.1. The summed E-state index contributed by atoms with van der Waals surface area (Å²) in [5.41, 5.74) is 8.19. The Morgan fingerprint density at radius 3 is 2.70 bits per heavy atom. The second-order valence-corrected chi connectivity index (χ2v) is 6.80. The number of pyridine rings is 2. The molecule has 0 bridgehead atoms. The summed E-state index contributed by atoms with van der Waals surface area (Å²) >= 11 is 0. The lowest BCUT2D eigenvalue weighted by Crippen LogP contribution is -2.12. The van der Waals surface area contributed by atoms with E-state index in [1.807, 2.05) is 18.3 Å². The van der Waals surface area contributed by atoms with E-state index in [9.17, 15) is 8.42 Å². The predicted molar refractivity (Wildman–Crippen MR) is 85.0 cm³/mol. The largest absolute Gasteiger partial charge is 0.366 e. The second-order valence-electron chi connectivity index (χ2n) is 5.24. The Labute approximate surface area is 133 Å². The molecule has 0 radical (unpaired) electrons. The molecule has 3 aromatic heterocycles. The fourth-order valence-electron chi connectivity index (χ4n) is 2.34. The first-order valence-corrected chi connectivity index (χ1v) is 8.54. The lowest BCUT2D eigenvalue weighted by molar-refractivity contribution is 0.597. The van der Waals surface area contributed by atoms with Gasteiger partial charge in [0.05, 0.1) is 0 Å². The fraction of sp³-hybridized carbons (Fsp3) is 0.214. The van der Waals surface area contributed by atoms with E-state index in [4.69, 9.17) is 10.9 Å². The molecule has 0 spiro atoms. The number of nitrogen functional groups attached to an aromatic ring is 1. The number of nitrogens with zero attached hydrogens (tertiary/aromatic N) is 4. The van der Waals surface area contributed by atoms with Crippen molar-refractivity contribution >= 4 is 21.6 Å². The van der Waals surface area contributed by atoms with Gasteiger partial charge in [-0.3, -0.25) is 4.98 Å². The zero-order valence-electron chi connectivity index (χ0n) is 12.3. The molecule has 8 nitrogen and oxygen atoms in total. The summed E-state index contributed by atoms with van der Waals surface area (Å²) in [4.78, 5) is 8.03. The number of aromatic nitrogens is 4. The standard InChI is InChI=1S/C14H16N6O2S/c15-14-18-13-5-4-10(9-20(13)19-14)2-1-3-11-6-12(8-17-7-11)23(16,21)22/h4-9H,1-3H2,(H2,15,19)(H2,16,21,22). The quantitative estimate of drug-likeness (QED) is 0.701. The Kier molecular flexibility index (Phi) is 3.97. The highest BCUT2D eigenvalue weighted by Gasteiger charge is 2.09. The number of rotatable bonds is 5. The van der Waals surface area contributed by atoms with Crippen LogP contribution in [-0.4, -0.2) is 28.0 Å². The molecule has 0 saturated carbocycles. The third-order valence-corrected chi connectivity index (χ3v) is 4.32. The summed E-state index contributed by atoms with van der Waals surface area (Å²) in [7, 11) is -3.72. The molecule has 23 heavy (non-hydrogen) atoms. The Balaban J connectivity index is 1.66. The number of nitrogens with two attached hydrogens (primary N) is 2. The third-order valence-electron chi connectivity index (χ3n) is 3.44. The lowest BCUT2D eigenvalue weighted by Gasteiger charge is -2.04. The zero-order chi connectivity index (χ0) is 16.4. The van der Waals surface area contributed by atoms with Crippen LogP contribution in [-0.2, 0) is 22.9 Å². The number of aryl methyl sites for hydroxylation is 2. The van der Waals surface area contributed by atoms with Gasteiger partial charge in [0.1, 0.15) is 4.90 Å². The van der Waals surface area contributed by atoms with Crippen molar-refractivity contribution in [1.82, 2.24) is 19.6 Å². The van der Waals surface area contributed by atoms with Crippen LogP contribution >= 0.6 is 0 Å². The van der Waals surface area contributed by atoms with E-state index in [-0.39, 0.29) is 10.8 Å². The summed E-state index contributed by atoms with van der Waals surface area (Å²) < 4.78 is 24.3. The molecule has 0 unspecified atom stereocenters. The van der Waals surface area contributed by atoms with Crippen LogP contribution in [0.15, 0.2) is 41.7 Å². The van der Waals surface area contributed by atoms with Crippen LogP contribution < -0.4 is 10.9 Å². The molecule has 0 fully saturated rings. The molecule has 3 rings (SSSR count). The Hall–Kier alpha value is -2.52. The van der Waals surface area contributed by atoms with Gasteiger partial charge in [-0.1, -0.05) is 6.07 Å². The third kappa shape index (κ3) is 3.63. The number of fused-ring (bicyclic) bond motifs is 1. The van der Waals surface area contributed by atoms with Crippen LogP contribution in [0.4, 0.5) is 5.95 Å². The van der Waals surface area contributed by atoms with Crippen molar-refractivity contribution < 1.29 is 8.42 Å². The van der Waals surface area contributed by atoms with Crippen molar-refractivity contribution in [1.29, 1.82) is 0 Å². The molecular weight excluding hydrogens is 316 g/mol. The highest BCUT2D eigenvalue weighted by atomic mass is 32.2. The minimum absolute atomic E-state index is 0.0366. The van der Waals surface area contributed by atoms with Gasteiger partial charge in [0.25, 0.3) is 0 Å². The molecule has 4 N–H and O–H groups in total. The molecule has 0 aromatic carbocycles. The predicted octanol–water partition coefficient (Wildman–Crippen LogP) is 0.529. The van der Waals surface area contributed by atoms with Crippen LogP contribution in [0.25, 0.3) is 5.65 Å². The van der Waals surface area contributed by atoms with E-state index in [0.717, 1.165) is 24.0 Å². The number of sulfonamides is 1. The minimum atomic E-state index is -3.72. The SMILES string of the molecule is Nc1nc2ccc(CCCc3cncc(S(N)(=O)=O)c3)cn2n1. The van der Waals surface area contributed by atoms with Crippen LogP contribution in [0.3, 0.4) is 0 Å². The van der Waals surface area contributed by atoms with Crippen LogP contribution in [0.1, 0.15) is 17.5 Å². The summed E-state index contributed by atoms with van der Waals surface area (Å²) in [6.07, 6.45) is 7.14. The molecule has 0 saturated heterocycles. The van der Waals surface area contributed by atoms with Gasteiger partial charge in [0.2, 0.25) is 16.0 Å². The normalized spacial score (nSPS) is 11.9. The van der Waals surface area contributed by atoms with Crippen molar-refractivity contribution in [3.05, 3.63) is 47.9 Å². The van der Waals surface area contributed by atoms with E-state index < -0.39 is 10.0 Å². The molecular formula is C14H16N6O2S. The Morgan fingerprint density at radius 1 is 1.13 bits per heavy atom. The Bertz CT molecular complexity index is 951. The van der Waals surface area contributed by atoms with E-state index >= 15 is 0 Å². The minimum Gasteiger partial charge on any atom is -0.366 e. The first-order valence-electron chi connectivity index (χ1n) is 6.99. The van der Waals surface area contributed by atoms with Crippen molar-refractivity contribution in [2.24, 2.45) is 5.14 Å². The molecule has 0 aliphatic carbocycles. The highest BCUT2D eigenvalue weighted by Crippen LogP contribution is 2.12. The van der Waals surface area contributed by atoms with Crippen molar-refractivity contribution in [2.45, 2.75) is 24.2 Å². The molecule has 0 aliphatic rings. The monoisotopic (exact) mass is 332 g/mol. The van der Waals surface area contributed by atoms with Gasteiger partial charge in [0.15, 0.2) is 5.65 Å². The van der Waals surface area contributed by atoms with Gasteiger partial charge >= 0.3 is 0 Å². The molecule has 0 amide bonds. The van der Waals surface area contributed by atoms with Gasteiger partial charge in [-0.2, -0.15) is 4.98 Å². The van der Waals surface area contributed by atoms with Gasteiger partial charge in [-0.25, -0.2) is 18.1 Å². The van der Waals surface area contributed by atoms with Crippen molar-refractivity contribution in [3.63, 3.8) is 0 Å². The molecule has 0 atom stereocenters. The van der Waals surface area contributed by atoms with E-state index in [1.54, 1.807) is 16.8 Å². The highest BCUT2D eigenvalue weighted by molar-refractivity contribution is 7.89. The van der Waals surface area contributed by atoms with Crippen LogP contribution in [0, 0.1) is 0 Å². The summed E-state index contributed by atoms with van der Waals surface area (Å²) in [6, 6.07) is 5.40. The molecule has 120 valence electrons. The molecule has 0 aliphatic heterocycles. The number of hydrogen-bond acceptors (Lipinski definition) is 6. The topological polar surface area (TPSA) is 129 Å². The van der Waals surface area contributed by atoms with Gasteiger partial charge in [-0.05, 0) is 42.5 Å². The number of hydrogen-bond donors (Lipinski definition) is 2. The molecule has 3 heterocycles. The molecule has 3 aromatic rings. The van der Waals surface area contributed by atoms with Gasteiger partial charge in [-0.15, -0.1) is 5.10 Å².